The van der Waals surface area contributed by atoms with Gasteiger partial charge in [-0.1, -0.05) is 0 Å². The topological polar surface area (TPSA) is 103 Å². The molecule has 24 heavy (non-hydrogen) atoms. The fourth-order valence-corrected chi connectivity index (χ4v) is 4.68. The first-order valence-electron chi connectivity index (χ1n) is 8.19. The number of anilines is 1. The van der Waals surface area contributed by atoms with E-state index in [0.29, 0.717) is 31.9 Å². The van der Waals surface area contributed by atoms with E-state index in [4.69, 9.17) is 15.2 Å². The Kier molecular flexibility index (Phi) is 5.13. The van der Waals surface area contributed by atoms with E-state index in [9.17, 15) is 8.42 Å². The molecule has 1 atom stereocenters. The quantitative estimate of drug-likeness (QED) is 0.629. The van der Waals surface area contributed by atoms with Crippen molar-refractivity contribution in [2.45, 2.75) is 19.3 Å². The highest BCUT2D eigenvalue weighted by atomic mass is 32.2. The number of nitrogens with zero attached hydrogens (tertiary/aromatic N) is 1. The minimum atomic E-state index is -2.91. The predicted octanol–water partition coefficient (Wildman–Crippen LogP) is 1.40. The first kappa shape index (κ1) is 16.9. The Morgan fingerprint density at radius 3 is 2.83 bits per heavy atom. The second-order valence-electron chi connectivity index (χ2n) is 6.19. The number of rotatable bonds is 3. The zero-order valence-electron chi connectivity index (χ0n) is 13.5. The molecular weight excluding hydrogens is 330 g/mol. The van der Waals surface area contributed by atoms with Gasteiger partial charge in [0.15, 0.2) is 27.3 Å². The normalized spacial score (nSPS) is 23.3. The third-order valence-corrected chi connectivity index (χ3v) is 5.99. The van der Waals surface area contributed by atoms with Crippen molar-refractivity contribution >= 4 is 21.5 Å². The molecule has 2 heterocycles. The van der Waals surface area contributed by atoms with Gasteiger partial charge in [-0.2, -0.15) is 0 Å². The summed E-state index contributed by atoms with van der Waals surface area (Å²) in [5.74, 6) is 2.22. The predicted molar refractivity (Wildman–Crippen MR) is 93.5 cm³/mol. The van der Waals surface area contributed by atoms with Gasteiger partial charge in [0, 0.05) is 24.7 Å². The molecule has 7 nitrogen and oxygen atoms in total. The van der Waals surface area contributed by atoms with Crippen LogP contribution in [0.25, 0.3) is 0 Å². The number of aliphatic imine (C=N–C) groups is 1. The molecule has 0 amide bonds. The average Bonchev–Trinajstić information content (AvgIpc) is 2.77. The van der Waals surface area contributed by atoms with E-state index in [0.717, 1.165) is 24.3 Å². The van der Waals surface area contributed by atoms with E-state index in [2.05, 4.69) is 10.3 Å². The van der Waals surface area contributed by atoms with Crippen LogP contribution in [0, 0.1) is 5.92 Å². The highest BCUT2D eigenvalue weighted by Crippen LogP contribution is 2.32. The van der Waals surface area contributed by atoms with Gasteiger partial charge >= 0.3 is 0 Å². The number of ether oxygens (including phenoxy) is 2. The lowest BCUT2D eigenvalue weighted by molar-refractivity contribution is 0.297. The number of hydrogen-bond donors (Lipinski definition) is 2. The fourth-order valence-electron chi connectivity index (χ4n) is 2.92. The van der Waals surface area contributed by atoms with Crippen molar-refractivity contribution < 1.29 is 17.9 Å². The van der Waals surface area contributed by atoms with E-state index >= 15 is 0 Å². The summed E-state index contributed by atoms with van der Waals surface area (Å²) < 4.78 is 34.5. The van der Waals surface area contributed by atoms with Gasteiger partial charge in [-0.05, 0) is 30.9 Å². The average molecular weight is 353 g/mol. The van der Waals surface area contributed by atoms with Gasteiger partial charge in [0.05, 0.1) is 24.7 Å². The zero-order valence-corrected chi connectivity index (χ0v) is 14.3. The molecule has 1 fully saturated rings. The van der Waals surface area contributed by atoms with Crippen LogP contribution in [0.4, 0.5) is 5.69 Å². The van der Waals surface area contributed by atoms with Gasteiger partial charge in [-0.15, -0.1) is 0 Å². The van der Waals surface area contributed by atoms with Crippen LogP contribution in [-0.2, 0) is 9.84 Å². The number of nitrogens with one attached hydrogen (secondary N) is 1. The smallest absolute Gasteiger partial charge is 0.193 e. The zero-order chi connectivity index (χ0) is 17.0. The Labute approximate surface area is 142 Å². The second kappa shape index (κ2) is 7.29. The number of nitrogens with two attached hydrogens (primary N) is 1. The van der Waals surface area contributed by atoms with Crippen LogP contribution in [0.15, 0.2) is 23.2 Å². The van der Waals surface area contributed by atoms with Crippen molar-refractivity contribution in [3.63, 3.8) is 0 Å². The van der Waals surface area contributed by atoms with Crippen molar-refractivity contribution in [3.05, 3.63) is 18.2 Å². The van der Waals surface area contributed by atoms with E-state index in [1.807, 2.05) is 18.2 Å². The molecule has 1 aromatic carbocycles. The van der Waals surface area contributed by atoms with E-state index in [1.54, 1.807) is 0 Å². The van der Waals surface area contributed by atoms with Crippen LogP contribution in [-0.4, -0.2) is 45.6 Å². The summed E-state index contributed by atoms with van der Waals surface area (Å²) in [6, 6.07) is 5.51. The number of hydrogen-bond acceptors (Lipinski definition) is 5. The van der Waals surface area contributed by atoms with Gasteiger partial charge in [-0.3, -0.25) is 4.99 Å². The molecule has 3 rings (SSSR count). The first-order chi connectivity index (χ1) is 11.5. The maximum absolute atomic E-state index is 11.6. The van der Waals surface area contributed by atoms with Crippen LogP contribution in [0.3, 0.4) is 0 Å². The van der Waals surface area contributed by atoms with Crippen molar-refractivity contribution in [2.24, 2.45) is 16.6 Å². The van der Waals surface area contributed by atoms with Crippen LogP contribution < -0.4 is 20.5 Å². The van der Waals surface area contributed by atoms with Gasteiger partial charge in [0.1, 0.15) is 0 Å². The molecule has 1 unspecified atom stereocenters. The van der Waals surface area contributed by atoms with Crippen LogP contribution in [0.5, 0.6) is 11.5 Å². The van der Waals surface area contributed by atoms with Crippen molar-refractivity contribution in [2.75, 3.05) is 36.6 Å². The number of sulfone groups is 1. The summed E-state index contributed by atoms with van der Waals surface area (Å²) in [6.07, 6.45) is 2.43. The summed E-state index contributed by atoms with van der Waals surface area (Å²) in [7, 11) is -2.91. The Morgan fingerprint density at radius 2 is 2.04 bits per heavy atom. The largest absolute Gasteiger partial charge is 0.490 e. The van der Waals surface area contributed by atoms with Gasteiger partial charge in [0.2, 0.25) is 0 Å². The van der Waals surface area contributed by atoms with E-state index in [1.165, 1.54) is 0 Å². The molecule has 0 saturated carbocycles. The standard InChI is InChI=1S/C16H23N3O4S/c17-16(18-10-12-3-1-8-24(20,21)11-12)19-13-4-5-14-15(9-13)23-7-2-6-22-14/h4-5,9,12H,1-3,6-8,10-11H2,(H3,17,18,19). The molecule has 0 bridgehead atoms. The lowest BCUT2D eigenvalue weighted by Gasteiger charge is -2.20. The van der Waals surface area contributed by atoms with Crippen LogP contribution in [0.1, 0.15) is 19.3 Å². The van der Waals surface area contributed by atoms with Crippen molar-refractivity contribution in [1.82, 2.24) is 0 Å². The highest BCUT2D eigenvalue weighted by Gasteiger charge is 2.24. The van der Waals surface area contributed by atoms with Crippen LogP contribution in [0.2, 0.25) is 0 Å². The van der Waals surface area contributed by atoms with Gasteiger partial charge < -0.3 is 20.5 Å². The first-order valence-corrected chi connectivity index (χ1v) is 10.0. The lowest BCUT2D eigenvalue weighted by atomic mass is 10.1. The molecule has 3 N–H and O–H groups in total. The molecule has 0 spiro atoms. The number of guanidine groups is 1. The summed E-state index contributed by atoms with van der Waals surface area (Å²) in [4.78, 5) is 4.29. The van der Waals surface area contributed by atoms with Crippen molar-refractivity contribution in [1.29, 1.82) is 0 Å². The van der Waals surface area contributed by atoms with Gasteiger partial charge in [0.25, 0.3) is 0 Å². The Hall–Kier alpha value is -1.96. The Morgan fingerprint density at radius 1 is 1.25 bits per heavy atom. The molecule has 2 aliphatic heterocycles. The summed E-state index contributed by atoms with van der Waals surface area (Å²) >= 11 is 0. The summed E-state index contributed by atoms with van der Waals surface area (Å²) in [5.41, 5.74) is 6.68. The molecule has 0 aromatic heterocycles. The lowest BCUT2D eigenvalue weighted by Crippen LogP contribution is -2.29. The molecule has 132 valence electrons. The minimum absolute atomic E-state index is 0.0490. The Balaban J connectivity index is 1.60. The summed E-state index contributed by atoms with van der Waals surface area (Å²) in [5, 5.41) is 3.02. The third-order valence-electron chi connectivity index (χ3n) is 4.10. The molecule has 0 radical (unpaired) electrons. The molecule has 1 saturated heterocycles. The molecule has 0 aliphatic carbocycles. The van der Waals surface area contributed by atoms with E-state index in [-0.39, 0.29) is 23.4 Å². The highest BCUT2D eigenvalue weighted by molar-refractivity contribution is 7.91. The molecule has 8 heteroatoms. The number of fused-ring (bicyclic) bond motifs is 1. The molecule has 1 aromatic rings. The minimum Gasteiger partial charge on any atom is -0.490 e. The summed E-state index contributed by atoms with van der Waals surface area (Å²) in [6.45, 7) is 1.69. The Bertz CT molecular complexity index is 718. The maximum Gasteiger partial charge on any atom is 0.193 e. The second-order valence-corrected chi connectivity index (χ2v) is 8.41. The molecular formula is C16H23N3O4S. The number of benzene rings is 1. The fraction of sp³-hybridized carbons (Fsp3) is 0.562. The van der Waals surface area contributed by atoms with E-state index < -0.39 is 9.84 Å². The maximum atomic E-state index is 11.6. The molecule has 2 aliphatic rings. The van der Waals surface area contributed by atoms with Gasteiger partial charge in [-0.25, -0.2) is 8.42 Å². The third kappa shape index (κ3) is 4.53. The van der Waals surface area contributed by atoms with Crippen LogP contribution >= 0.6 is 0 Å². The van der Waals surface area contributed by atoms with Crippen molar-refractivity contribution in [3.8, 4) is 11.5 Å². The monoisotopic (exact) mass is 353 g/mol. The SMILES string of the molecule is NC(=NCC1CCCS(=O)(=O)C1)Nc1ccc2c(c1)OCCCO2.